The van der Waals surface area contributed by atoms with E-state index in [0.29, 0.717) is 33.5 Å². The van der Waals surface area contributed by atoms with Gasteiger partial charge in [-0.1, -0.05) is 6.07 Å². The van der Waals surface area contributed by atoms with E-state index in [2.05, 4.69) is 5.32 Å². The largest absolute Gasteiger partial charge is 0.481 e. The Balaban J connectivity index is 1.57. The Labute approximate surface area is 193 Å². The van der Waals surface area contributed by atoms with Crippen molar-refractivity contribution >= 4 is 28.3 Å². The van der Waals surface area contributed by atoms with Crippen molar-refractivity contribution in [3.8, 4) is 22.9 Å². The number of hydrogen-bond acceptors (Lipinski definition) is 7. The molecule has 168 valence electrons. The van der Waals surface area contributed by atoms with Crippen molar-refractivity contribution in [1.82, 2.24) is 0 Å². The summed E-state index contributed by atoms with van der Waals surface area (Å²) in [5, 5.41) is 23.2. The summed E-state index contributed by atoms with van der Waals surface area (Å²) in [6.45, 7) is 1.57. The minimum atomic E-state index is -0.882. The molecule has 4 aromatic rings. The smallest absolute Gasteiger partial charge is 0.336 e. The molecule has 9 heteroatoms. The zero-order valence-electron chi connectivity index (χ0n) is 17.8. The summed E-state index contributed by atoms with van der Waals surface area (Å²) in [6.07, 6.45) is -0.882. The third-order valence-electron chi connectivity index (χ3n) is 5.05. The minimum absolute atomic E-state index is 0.0571. The number of carbonyl (C=O) groups excluding carboxylic acids is 1. The van der Waals surface area contributed by atoms with Gasteiger partial charge in [0, 0.05) is 35.3 Å². The van der Waals surface area contributed by atoms with Gasteiger partial charge in [0.1, 0.15) is 11.3 Å². The van der Waals surface area contributed by atoms with E-state index < -0.39 is 22.6 Å². The molecular formula is C25H17N3O6. The molecule has 34 heavy (non-hydrogen) atoms. The predicted octanol–water partition coefficient (Wildman–Crippen LogP) is 4.65. The average Bonchev–Trinajstić information content (AvgIpc) is 2.83. The molecule has 0 saturated heterocycles. The summed E-state index contributed by atoms with van der Waals surface area (Å²) in [5.41, 5.74) is 1.64. The number of rotatable bonds is 6. The zero-order chi connectivity index (χ0) is 24.2. The van der Waals surface area contributed by atoms with Crippen LogP contribution in [0.5, 0.6) is 5.75 Å². The lowest BCUT2D eigenvalue weighted by Crippen LogP contribution is -2.30. The van der Waals surface area contributed by atoms with Crippen molar-refractivity contribution in [1.29, 1.82) is 5.26 Å². The molecule has 9 nitrogen and oxygen atoms in total. The van der Waals surface area contributed by atoms with E-state index >= 15 is 0 Å². The SMILES string of the molecule is CC(Oc1ccc2c(-c3ccc([N+](=O)[O-])cc3)cc(=O)oc2c1)C(=O)Nc1cccc(C#N)c1. The second-order valence-electron chi connectivity index (χ2n) is 7.38. The van der Waals surface area contributed by atoms with Crippen LogP contribution >= 0.6 is 0 Å². The molecule has 4 rings (SSSR count). The molecule has 0 aliphatic carbocycles. The first-order valence-electron chi connectivity index (χ1n) is 10.1. The number of fused-ring (bicyclic) bond motifs is 1. The van der Waals surface area contributed by atoms with Crippen molar-refractivity contribution < 1.29 is 18.9 Å². The average molecular weight is 455 g/mol. The maximum absolute atomic E-state index is 12.5. The Hall–Kier alpha value is -4.97. The van der Waals surface area contributed by atoms with E-state index in [1.807, 2.05) is 6.07 Å². The van der Waals surface area contributed by atoms with Crippen LogP contribution in [0.1, 0.15) is 12.5 Å². The highest BCUT2D eigenvalue weighted by Crippen LogP contribution is 2.31. The quantitative estimate of drug-likeness (QED) is 0.254. The Morgan fingerprint density at radius 1 is 1.12 bits per heavy atom. The van der Waals surface area contributed by atoms with E-state index in [9.17, 15) is 19.7 Å². The number of amides is 1. The van der Waals surface area contributed by atoms with Gasteiger partial charge in [-0.25, -0.2) is 4.79 Å². The Kier molecular flexibility index (Phi) is 6.05. The van der Waals surface area contributed by atoms with Gasteiger partial charge < -0.3 is 14.5 Å². The van der Waals surface area contributed by atoms with Gasteiger partial charge in [0.15, 0.2) is 6.10 Å². The Bertz CT molecular complexity index is 1500. The highest BCUT2D eigenvalue weighted by Gasteiger charge is 2.17. The molecule has 0 spiro atoms. The summed E-state index contributed by atoms with van der Waals surface area (Å²) >= 11 is 0. The van der Waals surface area contributed by atoms with E-state index in [1.165, 1.54) is 24.3 Å². The number of nitro benzene ring substituents is 1. The fraction of sp³-hybridized carbons (Fsp3) is 0.0800. The molecule has 0 aliphatic rings. The fourth-order valence-corrected chi connectivity index (χ4v) is 3.39. The van der Waals surface area contributed by atoms with Gasteiger partial charge in [0.25, 0.3) is 11.6 Å². The highest BCUT2D eigenvalue weighted by atomic mass is 16.6. The van der Waals surface area contributed by atoms with Crippen LogP contribution in [0.4, 0.5) is 11.4 Å². The summed E-state index contributed by atoms with van der Waals surface area (Å²) in [4.78, 5) is 35.1. The van der Waals surface area contributed by atoms with Gasteiger partial charge in [-0.05, 0) is 60.5 Å². The van der Waals surface area contributed by atoms with Crippen LogP contribution in [-0.4, -0.2) is 16.9 Å². The molecule has 1 unspecified atom stereocenters. The standard InChI is InChI=1S/C25H17N3O6/c1-15(25(30)27-18-4-2-3-16(11-18)14-26)33-20-9-10-21-22(13-24(29)34-23(21)12-20)17-5-7-19(8-6-17)28(31)32/h2-13,15H,1H3,(H,27,30). The summed E-state index contributed by atoms with van der Waals surface area (Å²) < 4.78 is 11.0. The number of non-ortho nitro benzene ring substituents is 1. The van der Waals surface area contributed by atoms with Crippen LogP contribution in [0.2, 0.25) is 0 Å². The second kappa shape index (κ2) is 9.26. The van der Waals surface area contributed by atoms with Crippen molar-refractivity contribution in [3.05, 3.63) is 98.9 Å². The maximum Gasteiger partial charge on any atom is 0.336 e. The van der Waals surface area contributed by atoms with Gasteiger partial charge >= 0.3 is 5.63 Å². The minimum Gasteiger partial charge on any atom is -0.481 e. The fourth-order valence-electron chi connectivity index (χ4n) is 3.39. The highest BCUT2D eigenvalue weighted by molar-refractivity contribution is 5.95. The number of hydrogen-bond donors (Lipinski definition) is 1. The van der Waals surface area contributed by atoms with Gasteiger partial charge in [-0.15, -0.1) is 0 Å². The van der Waals surface area contributed by atoms with Gasteiger partial charge in [-0.2, -0.15) is 5.26 Å². The molecule has 0 fully saturated rings. The van der Waals surface area contributed by atoms with Crippen LogP contribution in [-0.2, 0) is 4.79 Å². The predicted molar refractivity (Wildman–Crippen MR) is 124 cm³/mol. The Morgan fingerprint density at radius 3 is 2.59 bits per heavy atom. The van der Waals surface area contributed by atoms with E-state index in [4.69, 9.17) is 14.4 Å². The molecule has 0 radical (unpaired) electrons. The number of carbonyl (C=O) groups is 1. The number of ether oxygens (including phenoxy) is 1. The van der Waals surface area contributed by atoms with Crippen LogP contribution in [0.3, 0.4) is 0 Å². The maximum atomic E-state index is 12.5. The van der Waals surface area contributed by atoms with Crippen molar-refractivity contribution in [2.24, 2.45) is 0 Å². The first kappa shape index (κ1) is 22.2. The second-order valence-corrected chi connectivity index (χ2v) is 7.38. The van der Waals surface area contributed by atoms with Crippen LogP contribution < -0.4 is 15.7 Å². The van der Waals surface area contributed by atoms with Gasteiger partial charge in [0.2, 0.25) is 0 Å². The monoisotopic (exact) mass is 455 g/mol. The van der Waals surface area contributed by atoms with Crippen LogP contribution in [0.15, 0.2) is 82.0 Å². The molecule has 1 amide bonds. The van der Waals surface area contributed by atoms with E-state index in [1.54, 1.807) is 55.5 Å². The normalized spacial score (nSPS) is 11.4. The number of nitro groups is 1. The lowest BCUT2D eigenvalue weighted by molar-refractivity contribution is -0.384. The number of benzene rings is 3. The molecule has 0 saturated carbocycles. The number of nitrogens with zero attached hydrogens (tertiary/aromatic N) is 2. The molecule has 1 atom stereocenters. The molecule has 0 aliphatic heterocycles. The van der Waals surface area contributed by atoms with Crippen molar-refractivity contribution in [2.75, 3.05) is 5.32 Å². The molecular weight excluding hydrogens is 438 g/mol. The van der Waals surface area contributed by atoms with E-state index in [-0.39, 0.29) is 11.3 Å². The first-order valence-corrected chi connectivity index (χ1v) is 10.1. The number of nitrogens with one attached hydrogen (secondary N) is 1. The third-order valence-corrected chi connectivity index (χ3v) is 5.05. The number of nitriles is 1. The lowest BCUT2D eigenvalue weighted by Gasteiger charge is -2.15. The molecule has 1 heterocycles. The lowest BCUT2D eigenvalue weighted by atomic mass is 10.0. The summed E-state index contributed by atoms with van der Waals surface area (Å²) in [6, 6.07) is 20.5. The van der Waals surface area contributed by atoms with Crippen LogP contribution in [0.25, 0.3) is 22.1 Å². The summed E-state index contributed by atoms with van der Waals surface area (Å²) in [7, 11) is 0. The number of anilines is 1. The Morgan fingerprint density at radius 2 is 1.88 bits per heavy atom. The molecule has 3 aromatic carbocycles. The topological polar surface area (TPSA) is 135 Å². The summed E-state index contributed by atoms with van der Waals surface area (Å²) in [5.74, 6) is -0.110. The molecule has 1 N–H and O–H groups in total. The van der Waals surface area contributed by atoms with Crippen molar-refractivity contribution in [3.63, 3.8) is 0 Å². The third kappa shape index (κ3) is 4.76. The van der Waals surface area contributed by atoms with Gasteiger partial charge in [0.05, 0.1) is 16.6 Å². The molecule has 1 aromatic heterocycles. The van der Waals surface area contributed by atoms with E-state index in [0.717, 1.165) is 0 Å². The van der Waals surface area contributed by atoms with Gasteiger partial charge in [-0.3, -0.25) is 14.9 Å². The van der Waals surface area contributed by atoms with Crippen LogP contribution in [0, 0.1) is 21.4 Å². The first-order chi connectivity index (χ1) is 16.3. The molecule has 0 bridgehead atoms. The zero-order valence-corrected chi connectivity index (χ0v) is 17.8. The van der Waals surface area contributed by atoms with Crippen molar-refractivity contribution in [2.45, 2.75) is 13.0 Å².